The Labute approximate surface area is 106 Å². The third-order valence-electron chi connectivity index (χ3n) is 1.74. The van der Waals surface area contributed by atoms with E-state index in [1.807, 2.05) is 0 Å². The van der Waals surface area contributed by atoms with Crippen molar-refractivity contribution >= 4 is 0 Å². The molecule has 0 unspecified atom stereocenters. The molecule has 0 saturated heterocycles. The molecule has 13 heavy (non-hydrogen) atoms. The van der Waals surface area contributed by atoms with Gasteiger partial charge in [0.05, 0.1) is 6.67 Å². The van der Waals surface area contributed by atoms with Crippen LogP contribution in [0.15, 0.2) is 12.4 Å². The summed E-state index contributed by atoms with van der Waals surface area (Å²) >= 11 is 0. The van der Waals surface area contributed by atoms with Crippen molar-refractivity contribution in [1.29, 1.82) is 0 Å². The maximum atomic E-state index is 2.34. The molecule has 0 aromatic heterocycles. The van der Waals surface area contributed by atoms with Crippen LogP contribution < -0.4 is 24.8 Å². The van der Waals surface area contributed by atoms with Crippen molar-refractivity contribution in [2.75, 3.05) is 20.3 Å². The molecule has 0 aromatic carbocycles. The Kier molecular flexibility index (Phi) is 15.7. The van der Waals surface area contributed by atoms with E-state index in [9.17, 15) is 0 Å². The molecule has 0 saturated carbocycles. The third kappa shape index (κ3) is 7.60. The van der Waals surface area contributed by atoms with Gasteiger partial charge in [-0.3, -0.25) is 0 Å². The Morgan fingerprint density at radius 3 is 2.23 bits per heavy atom. The second-order valence-corrected chi connectivity index (χ2v) is 2.86. The number of hydrogen-bond donors (Lipinski definition) is 0. The summed E-state index contributed by atoms with van der Waals surface area (Å²) in [5.74, 6) is 0. The van der Waals surface area contributed by atoms with Gasteiger partial charge in [0.1, 0.15) is 0 Å². The molecule has 0 amide bonds. The molecule has 2 nitrogen and oxygen atoms in total. The van der Waals surface area contributed by atoms with Crippen molar-refractivity contribution in [1.82, 2.24) is 9.80 Å². The normalized spacial score (nSPS) is 13.1. The minimum atomic E-state index is 0. The molecule has 0 aliphatic carbocycles. The molecule has 0 bridgehead atoms. The van der Waals surface area contributed by atoms with Gasteiger partial charge in [0, 0.05) is 26.0 Å². The van der Waals surface area contributed by atoms with E-state index in [0.717, 1.165) is 6.67 Å². The van der Waals surface area contributed by atoms with Crippen LogP contribution in [-0.2, 0) is 19.5 Å². The monoisotopic (exact) mass is 274 g/mol. The van der Waals surface area contributed by atoms with Gasteiger partial charge in [-0.1, -0.05) is 13.3 Å². The molecular formula is C8H16Cl2N2Zn. The van der Waals surface area contributed by atoms with E-state index < -0.39 is 0 Å². The zero-order chi connectivity index (χ0) is 7.40. The Balaban J connectivity index is -0.000000333. The Morgan fingerprint density at radius 2 is 1.85 bits per heavy atom. The van der Waals surface area contributed by atoms with Gasteiger partial charge in [-0.05, 0) is 6.42 Å². The van der Waals surface area contributed by atoms with Crippen LogP contribution >= 0.6 is 0 Å². The molecule has 0 spiro atoms. The maximum absolute atomic E-state index is 2.34. The van der Waals surface area contributed by atoms with Crippen molar-refractivity contribution in [3.8, 4) is 0 Å². The van der Waals surface area contributed by atoms with E-state index in [1.165, 1.54) is 19.4 Å². The maximum Gasteiger partial charge on any atom is 2.00 e. The Hall–Kier alpha value is 0.543. The average molecular weight is 277 g/mol. The summed E-state index contributed by atoms with van der Waals surface area (Å²) in [5.41, 5.74) is 0. The minimum absolute atomic E-state index is 0. The largest absolute Gasteiger partial charge is 2.00 e. The molecule has 1 aliphatic rings. The fraction of sp³-hybridized carbons (Fsp3) is 0.750. The van der Waals surface area contributed by atoms with Crippen LogP contribution in [0.4, 0.5) is 0 Å². The summed E-state index contributed by atoms with van der Waals surface area (Å²) in [6, 6.07) is 0. The molecule has 0 atom stereocenters. The first-order valence-corrected chi connectivity index (χ1v) is 3.95. The van der Waals surface area contributed by atoms with Gasteiger partial charge < -0.3 is 34.6 Å². The van der Waals surface area contributed by atoms with Crippen LogP contribution in [0.2, 0.25) is 0 Å². The molecule has 1 heterocycles. The zero-order valence-electron chi connectivity index (χ0n) is 8.34. The first-order chi connectivity index (χ1) is 4.83. The Morgan fingerprint density at radius 1 is 1.23 bits per heavy atom. The molecule has 0 fully saturated rings. The van der Waals surface area contributed by atoms with Crippen LogP contribution in [0.3, 0.4) is 0 Å². The summed E-state index contributed by atoms with van der Waals surface area (Å²) in [6.07, 6.45) is 6.87. The van der Waals surface area contributed by atoms with Crippen molar-refractivity contribution in [2.24, 2.45) is 0 Å². The van der Waals surface area contributed by atoms with Crippen molar-refractivity contribution < 1.29 is 44.3 Å². The molecule has 1 rings (SSSR count). The van der Waals surface area contributed by atoms with E-state index in [4.69, 9.17) is 0 Å². The molecule has 1 aliphatic heterocycles. The third-order valence-corrected chi connectivity index (χ3v) is 1.74. The van der Waals surface area contributed by atoms with Crippen LogP contribution in [0.25, 0.3) is 0 Å². The molecule has 0 radical (unpaired) electrons. The molecule has 0 aromatic rings. The zero-order valence-corrected chi connectivity index (χ0v) is 12.8. The van der Waals surface area contributed by atoms with Gasteiger partial charge in [0.25, 0.3) is 0 Å². The van der Waals surface area contributed by atoms with Crippen molar-refractivity contribution in [2.45, 2.75) is 19.8 Å². The predicted molar refractivity (Wildman–Crippen MR) is 43.4 cm³/mol. The van der Waals surface area contributed by atoms with Gasteiger partial charge in [0.2, 0.25) is 0 Å². The van der Waals surface area contributed by atoms with E-state index in [0.29, 0.717) is 0 Å². The summed E-state index contributed by atoms with van der Waals surface area (Å²) in [5, 5.41) is 0. The van der Waals surface area contributed by atoms with Gasteiger partial charge in [-0.2, -0.15) is 0 Å². The van der Waals surface area contributed by atoms with Gasteiger partial charge in [-0.25, -0.2) is 0 Å². The number of halogens is 2. The molecule has 5 heteroatoms. The molecular weight excluding hydrogens is 260 g/mol. The van der Waals surface area contributed by atoms with Crippen LogP contribution in [0.1, 0.15) is 19.8 Å². The molecule has 0 N–H and O–H groups in total. The number of unbranched alkanes of at least 4 members (excludes halogenated alkanes) is 1. The van der Waals surface area contributed by atoms with E-state index in [2.05, 4.69) is 36.2 Å². The van der Waals surface area contributed by atoms with Crippen LogP contribution in [0, 0.1) is 0 Å². The minimum Gasteiger partial charge on any atom is -1.00 e. The van der Waals surface area contributed by atoms with Crippen LogP contribution in [0.5, 0.6) is 0 Å². The van der Waals surface area contributed by atoms with Gasteiger partial charge in [0.15, 0.2) is 0 Å². The quantitative estimate of drug-likeness (QED) is 0.479. The fourth-order valence-electron chi connectivity index (χ4n) is 1.10. The molecule has 74 valence electrons. The standard InChI is InChI=1S/C8H16N2.2ClH.Zn/c1-3-4-5-10-7-6-9(2)8-10;;;/h6-7H,3-5,8H2,1-2H3;2*1H;/q;;;+2/p-2. The first-order valence-electron chi connectivity index (χ1n) is 3.95. The van der Waals surface area contributed by atoms with Crippen molar-refractivity contribution in [3.05, 3.63) is 12.4 Å². The van der Waals surface area contributed by atoms with Crippen molar-refractivity contribution in [3.63, 3.8) is 0 Å². The summed E-state index contributed by atoms with van der Waals surface area (Å²) in [4.78, 5) is 4.53. The summed E-state index contributed by atoms with van der Waals surface area (Å²) in [7, 11) is 2.10. The second kappa shape index (κ2) is 10.6. The van der Waals surface area contributed by atoms with E-state index in [-0.39, 0.29) is 44.3 Å². The number of rotatable bonds is 3. The first kappa shape index (κ1) is 19.2. The average Bonchev–Trinajstić information content (AvgIpc) is 2.31. The van der Waals surface area contributed by atoms with E-state index in [1.54, 1.807) is 0 Å². The fourth-order valence-corrected chi connectivity index (χ4v) is 1.10. The van der Waals surface area contributed by atoms with Crippen LogP contribution in [-0.4, -0.2) is 30.1 Å². The number of hydrogen-bond acceptors (Lipinski definition) is 2. The summed E-state index contributed by atoms with van der Waals surface area (Å²) in [6.45, 7) is 4.50. The predicted octanol–water partition coefficient (Wildman–Crippen LogP) is -4.53. The summed E-state index contributed by atoms with van der Waals surface area (Å²) < 4.78 is 0. The topological polar surface area (TPSA) is 6.48 Å². The SMILES string of the molecule is CCCCN1C=CN(C)C1.[Cl-].[Cl-].[Zn+2]. The van der Waals surface area contributed by atoms with E-state index >= 15 is 0 Å². The van der Waals surface area contributed by atoms with Gasteiger partial charge >= 0.3 is 19.5 Å². The smallest absolute Gasteiger partial charge is 1.00 e. The van der Waals surface area contributed by atoms with Gasteiger partial charge in [-0.15, -0.1) is 0 Å². The number of nitrogens with zero attached hydrogens (tertiary/aromatic N) is 2. The second-order valence-electron chi connectivity index (χ2n) is 2.86. The Bertz CT molecular complexity index is 133.